The summed E-state index contributed by atoms with van der Waals surface area (Å²) in [5, 5.41) is 6.61. The number of rotatable bonds is 14. The third kappa shape index (κ3) is 12.3. The van der Waals surface area contributed by atoms with Gasteiger partial charge in [0.1, 0.15) is 11.3 Å². The normalized spacial score (nSPS) is 23.1. The Kier molecular flexibility index (Phi) is 16.4. The number of hydrogen-bond donors (Lipinski definition) is 1. The highest BCUT2D eigenvalue weighted by molar-refractivity contribution is 7.30. The van der Waals surface area contributed by atoms with Crippen LogP contribution in [0.15, 0.2) is 123 Å². The number of nitrogens with zero attached hydrogens (tertiary/aromatic N) is 1. The molecule has 0 fully saturated rings. The van der Waals surface area contributed by atoms with Crippen LogP contribution in [0, 0.1) is 22.2 Å². The fourth-order valence-corrected chi connectivity index (χ4v) is 14.3. The zero-order chi connectivity index (χ0) is 55.6. The first-order valence-electron chi connectivity index (χ1n) is 29.8. The van der Waals surface area contributed by atoms with Crippen LogP contribution in [0.3, 0.4) is 0 Å². The average molecular weight is 1040 g/mol. The van der Waals surface area contributed by atoms with E-state index in [2.05, 4.69) is 234 Å². The third-order valence-corrected chi connectivity index (χ3v) is 20.2. The summed E-state index contributed by atoms with van der Waals surface area (Å²) in [5.74, 6) is 1.61. The number of allylic oxidation sites excluding steroid dienone is 9. The van der Waals surface area contributed by atoms with Crippen molar-refractivity contribution in [3.63, 3.8) is 0 Å². The van der Waals surface area contributed by atoms with Gasteiger partial charge in [-0.3, -0.25) is 0 Å². The number of benzene rings is 2. The zero-order valence-electron chi connectivity index (χ0n) is 51.6. The Morgan fingerprint density at radius 2 is 1.34 bits per heavy atom. The summed E-state index contributed by atoms with van der Waals surface area (Å²) in [7, 11) is 0. The molecule has 8 rings (SSSR count). The van der Waals surface area contributed by atoms with Gasteiger partial charge in [-0.15, -0.1) is 11.3 Å². The first kappa shape index (κ1) is 57.9. The van der Waals surface area contributed by atoms with Crippen molar-refractivity contribution >= 4 is 43.9 Å². The molecule has 5 heteroatoms. The molecule has 76 heavy (non-hydrogen) atoms. The van der Waals surface area contributed by atoms with Gasteiger partial charge in [0, 0.05) is 34.4 Å². The molecule has 1 N–H and O–H groups in total. The smallest absolute Gasteiger partial charge is 0.256 e. The monoisotopic (exact) mass is 1040 g/mol. The minimum atomic E-state index is 0.0510. The van der Waals surface area contributed by atoms with Gasteiger partial charge in [-0.05, 0) is 221 Å². The van der Waals surface area contributed by atoms with Gasteiger partial charge in [0.2, 0.25) is 0 Å². The molecule has 1 aliphatic heterocycles. The van der Waals surface area contributed by atoms with E-state index in [9.17, 15) is 0 Å². The van der Waals surface area contributed by atoms with Crippen molar-refractivity contribution in [1.29, 1.82) is 0 Å². The van der Waals surface area contributed by atoms with Gasteiger partial charge in [-0.25, -0.2) is 0 Å². The molecule has 4 aromatic rings. The molecule has 1 atom stereocenters. The van der Waals surface area contributed by atoms with Crippen molar-refractivity contribution in [2.75, 3.05) is 6.54 Å². The van der Waals surface area contributed by atoms with Crippen LogP contribution < -0.4 is 10.1 Å². The summed E-state index contributed by atoms with van der Waals surface area (Å²) in [6.07, 6.45) is 32.0. The molecule has 1 unspecified atom stereocenters. The highest BCUT2D eigenvalue weighted by Gasteiger charge is 2.42. The zero-order valence-corrected chi connectivity index (χ0v) is 52.4. The first-order valence-corrected chi connectivity index (χ1v) is 30.7. The fraction of sp³-hybridized carbons (Fsp3) is 0.577. The van der Waals surface area contributed by atoms with Crippen LogP contribution in [0.4, 0.5) is 0 Å². The van der Waals surface area contributed by atoms with Gasteiger partial charge < -0.3 is 14.6 Å². The van der Waals surface area contributed by atoms with Gasteiger partial charge in [-0.1, -0.05) is 165 Å². The van der Waals surface area contributed by atoms with Crippen molar-refractivity contribution in [3.8, 4) is 0 Å². The Bertz CT molecular complexity index is 2920. The molecule has 0 radical (unpaired) electrons. The molecule has 0 amide bonds. The molecule has 410 valence electrons. The van der Waals surface area contributed by atoms with Gasteiger partial charge >= 0.3 is 0 Å². The van der Waals surface area contributed by atoms with Gasteiger partial charge in [-0.2, -0.15) is 0 Å². The fourth-order valence-electron chi connectivity index (χ4n) is 13.1. The highest BCUT2D eigenvalue weighted by Crippen LogP contribution is 2.50. The van der Waals surface area contributed by atoms with Crippen LogP contribution in [-0.4, -0.2) is 24.2 Å². The van der Waals surface area contributed by atoms with E-state index in [0.717, 1.165) is 56.4 Å². The molecule has 0 saturated heterocycles. The van der Waals surface area contributed by atoms with Crippen LogP contribution in [0.2, 0.25) is 0 Å². The quantitative estimate of drug-likeness (QED) is 0.101. The Balaban J connectivity index is 1.27. The largest absolute Gasteiger partial charge is 0.461 e. The second-order valence-corrected chi connectivity index (χ2v) is 30.7. The summed E-state index contributed by atoms with van der Waals surface area (Å²) in [6, 6.07) is 15.0. The SMILES string of the molecule is CCC(C)(C)/C(=C/C1=C(C)N(C2/C=C/C(C)(C)CCC(C)(C)/C=C/C2)C(C=C(C)C)=C(CN/C=C/CCc2cc3cc4c(cc3o2)C(C)(C)CCC4(C)C)B1c1cc2cc3c(cc2s1)C(C)(C)CCC3(C)C)CC(C)C. The molecule has 3 aliphatic carbocycles. The molecule has 4 aliphatic rings. The predicted molar refractivity (Wildman–Crippen MR) is 336 cm³/mol. The topological polar surface area (TPSA) is 28.4 Å². The van der Waals surface area contributed by atoms with Gasteiger partial charge in [0.25, 0.3) is 6.71 Å². The summed E-state index contributed by atoms with van der Waals surface area (Å²) in [4.78, 5) is 2.77. The van der Waals surface area contributed by atoms with E-state index in [4.69, 9.17) is 4.42 Å². The van der Waals surface area contributed by atoms with Crippen molar-refractivity contribution < 1.29 is 4.42 Å². The number of nitrogens with one attached hydrogen (secondary N) is 1. The predicted octanol–water partition coefficient (Wildman–Crippen LogP) is 19.8. The number of hydrogen-bond acceptors (Lipinski definition) is 4. The van der Waals surface area contributed by atoms with E-state index >= 15 is 0 Å². The molecule has 0 saturated carbocycles. The third-order valence-electron chi connectivity index (χ3n) is 19.0. The van der Waals surface area contributed by atoms with Crippen LogP contribution >= 0.6 is 11.3 Å². The summed E-state index contributed by atoms with van der Waals surface area (Å²) >= 11 is 2.05. The molecule has 3 heterocycles. The van der Waals surface area contributed by atoms with Gasteiger partial charge in [0.05, 0.1) is 6.04 Å². The molecule has 0 bridgehead atoms. The van der Waals surface area contributed by atoms with Crippen LogP contribution in [-0.2, 0) is 28.1 Å². The molecular weight excluding hydrogens is 940 g/mol. The Morgan fingerprint density at radius 1 is 0.763 bits per heavy atom. The number of thiophene rings is 1. The maximum atomic E-state index is 6.63. The number of fused-ring (bicyclic) bond motifs is 4. The summed E-state index contributed by atoms with van der Waals surface area (Å²) in [6.45, 7) is 49.2. The molecule has 2 aromatic heterocycles. The minimum Gasteiger partial charge on any atom is -0.461 e. The van der Waals surface area contributed by atoms with E-state index < -0.39 is 0 Å². The molecule has 0 spiro atoms. The lowest BCUT2D eigenvalue weighted by molar-refractivity contribution is 0.317. The maximum absolute atomic E-state index is 6.63. The Labute approximate surface area is 468 Å². The highest BCUT2D eigenvalue weighted by atomic mass is 32.1. The summed E-state index contributed by atoms with van der Waals surface area (Å²) in [5.41, 5.74) is 16.4. The van der Waals surface area contributed by atoms with Crippen LogP contribution in [0.25, 0.3) is 21.1 Å². The van der Waals surface area contributed by atoms with E-state index in [0.29, 0.717) is 5.92 Å². The minimum absolute atomic E-state index is 0.0510. The van der Waals surface area contributed by atoms with Crippen LogP contribution in [0.1, 0.15) is 231 Å². The maximum Gasteiger partial charge on any atom is 0.256 e. The Morgan fingerprint density at radius 3 is 1.93 bits per heavy atom. The van der Waals surface area contributed by atoms with Crippen molar-refractivity contribution in [2.45, 2.75) is 237 Å². The van der Waals surface area contributed by atoms with Crippen molar-refractivity contribution in [3.05, 3.63) is 147 Å². The Hall–Kier alpha value is -4.22. The molecule has 3 nitrogen and oxygen atoms in total. The van der Waals surface area contributed by atoms with Crippen molar-refractivity contribution in [1.82, 2.24) is 10.2 Å². The lowest BCUT2D eigenvalue weighted by Gasteiger charge is -2.43. The van der Waals surface area contributed by atoms with E-state index in [1.165, 1.54) is 97.0 Å². The number of aryl methyl sites for hydroxylation is 1. The lowest BCUT2D eigenvalue weighted by Crippen LogP contribution is -2.47. The molecule has 2 aromatic carbocycles. The van der Waals surface area contributed by atoms with Crippen molar-refractivity contribution in [2.24, 2.45) is 22.2 Å². The number of furan rings is 1. The van der Waals surface area contributed by atoms with E-state index in [1.807, 2.05) is 11.3 Å². The average Bonchev–Trinajstić information content (AvgIpc) is 3.94. The molecular formula is C71H101BN2OS. The van der Waals surface area contributed by atoms with E-state index in [-0.39, 0.29) is 50.7 Å². The van der Waals surface area contributed by atoms with Crippen LogP contribution in [0.5, 0.6) is 0 Å². The lowest BCUT2D eigenvalue weighted by atomic mass is 9.36. The van der Waals surface area contributed by atoms with Gasteiger partial charge in [0.15, 0.2) is 0 Å². The summed E-state index contributed by atoms with van der Waals surface area (Å²) < 4.78 is 9.49. The first-order chi connectivity index (χ1) is 35.3. The van der Waals surface area contributed by atoms with E-state index in [1.54, 1.807) is 11.1 Å². The second kappa shape index (κ2) is 21.4. The standard InChI is InChI=1S/C71H101BN2OS/c1-21-67(11,12)52(37-47(2)3)43-59-49(6)74(53-25-24-28-65(7,8)30-31-66(9,10)29-27-53)61(38-48(4)5)60(72(59)64-42-51-41-56-58(45-63(51)76-64)71(19,20)35-33-69(56,15)16)46-73-36-23-22-26-54-39-50-40-55-57(44-62(50)75-54)70(17,18)34-32-68(55,13)14/h23-24,27-29,36,38-45,47,53,73H,21-22,25-26,30-35,37,46H2,1-20H3/b28-24+,29-27+,36-23+,52-43+. The second-order valence-electron chi connectivity index (χ2n) is 29.6.